The average molecular weight is 262 g/mol. The van der Waals surface area contributed by atoms with Gasteiger partial charge in [0.05, 0.1) is 5.25 Å². The highest BCUT2D eigenvalue weighted by molar-refractivity contribution is 8.01. The molecular formula is C14H18N2OS. The van der Waals surface area contributed by atoms with Gasteiger partial charge in [0, 0.05) is 17.5 Å². The molecule has 96 valence electrons. The number of rotatable bonds is 2. The van der Waals surface area contributed by atoms with Gasteiger partial charge in [-0.05, 0) is 37.4 Å². The number of carbonyl (C=O) groups excluding carboxylic acids is 1. The molecule has 0 spiro atoms. The lowest BCUT2D eigenvalue weighted by Gasteiger charge is -2.24. The van der Waals surface area contributed by atoms with Crippen molar-refractivity contribution in [3.05, 3.63) is 29.8 Å². The van der Waals surface area contributed by atoms with Crippen LogP contribution in [0.2, 0.25) is 0 Å². The first-order valence-corrected chi connectivity index (χ1v) is 7.46. The van der Waals surface area contributed by atoms with Crippen LogP contribution in [0.1, 0.15) is 18.4 Å². The Labute approximate surface area is 112 Å². The molecule has 1 fully saturated rings. The van der Waals surface area contributed by atoms with E-state index in [9.17, 15) is 4.79 Å². The van der Waals surface area contributed by atoms with E-state index in [0.717, 1.165) is 32.4 Å². The molecule has 4 heteroatoms. The second-order valence-electron chi connectivity index (χ2n) is 4.97. The van der Waals surface area contributed by atoms with Gasteiger partial charge in [-0.1, -0.05) is 18.2 Å². The Morgan fingerprint density at radius 3 is 3.06 bits per heavy atom. The third-order valence-corrected chi connectivity index (χ3v) is 4.90. The number of amides is 1. The summed E-state index contributed by atoms with van der Waals surface area (Å²) in [6.07, 6.45) is 3.12. The highest BCUT2D eigenvalue weighted by atomic mass is 32.2. The Hall–Kier alpha value is -1.00. The van der Waals surface area contributed by atoms with Gasteiger partial charge in [0.25, 0.3) is 0 Å². The molecule has 18 heavy (non-hydrogen) atoms. The zero-order chi connectivity index (χ0) is 12.4. The Balaban J connectivity index is 1.58. The first-order chi connectivity index (χ1) is 8.83. The maximum Gasteiger partial charge on any atom is 0.234 e. The SMILES string of the molecule is O=C(NC1CCCNC1)C1Cc2ccccc2S1. The van der Waals surface area contributed by atoms with Crippen molar-refractivity contribution in [1.82, 2.24) is 10.6 Å². The fourth-order valence-corrected chi connectivity index (χ4v) is 3.80. The molecule has 1 saturated heterocycles. The zero-order valence-electron chi connectivity index (χ0n) is 10.3. The summed E-state index contributed by atoms with van der Waals surface area (Å²) in [5.74, 6) is 0.199. The van der Waals surface area contributed by atoms with E-state index in [0.29, 0.717) is 6.04 Å². The summed E-state index contributed by atoms with van der Waals surface area (Å²) in [7, 11) is 0. The fraction of sp³-hybridized carbons (Fsp3) is 0.500. The van der Waals surface area contributed by atoms with E-state index in [1.54, 1.807) is 11.8 Å². The average Bonchev–Trinajstić information content (AvgIpc) is 2.84. The zero-order valence-corrected chi connectivity index (χ0v) is 11.1. The number of hydrogen-bond donors (Lipinski definition) is 2. The molecule has 1 amide bonds. The van der Waals surface area contributed by atoms with Gasteiger partial charge >= 0.3 is 0 Å². The van der Waals surface area contributed by atoms with Crippen LogP contribution < -0.4 is 10.6 Å². The van der Waals surface area contributed by atoms with Crippen LogP contribution in [-0.2, 0) is 11.2 Å². The van der Waals surface area contributed by atoms with Crippen molar-refractivity contribution in [2.75, 3.05) is 13.1 Å². The van der Waals surface area contributed by atoms with E-state index < -0.39 is 0 Å². The van der Waals surface area contributed by atoms with E-state index >= 15 is 0 Å². The van der Waals surface area contributed by atoms with Gasteiger partial charge < -0.3 is 10.6 Å². The van der Waals surface area contributed by atoms with E-state index in [4.69, 9.17) is 0 Å². The van der Waals surface area contributed by atoms with Crippen LogP contribution in [0.3, 0.4) is 0 Å². The third-order valence-electron chi connectivity index (χ3n) is 3.58. The van der Waals surface area contributed by atoms with Crippen LogP contribution in [0.5, 0.6) is 0 Å². The van der Waals surface area contributed by atoms with E-state index in [1.807, 2.05) is 12.1 Å². The summed E-state index contributed by atoms with van der Waals surface area (Å²) in [5, 5.41) is 6.56. The summed E-state index contributed by atoms with van der Waals surface area (Å²) in [4.78, 5) is 13.5. The van der Waals surface area contributed by atoms with Crippen molar-refractivity contribution in [2.24, 2.45) is 0 Å². The first-order valence-electron chi connectivity index (χ1n) is 6.58. The third kappa shape index (κ3) is 2.54. The smallest absolute Gasteiger partial charge is 0.234 e. The molecule has 3 rings (SSSR count). The van der Waals surface area contributed by atoms with Crippen LogP contribution in [0.25, 0.3) is 0 Å². The standard InChI is InChI=1S/C14H18N2OS/c17-14(16-11-5-3-7-15-9-11)13-8-10-4-1-2-6-12(10)18-13/h1-2,4,6,11,13,15H,3,5,7-9H2,(H,16,17). The van der Waals surface area contributed by atoms with Crippen molar-refractivity contribution in [1.29, 1.82) is 0 Å². The number of hydrogen-bond acceptors (Lipinski definition) is 3. The number of piperidine rings is 1. The molecule has 3 nitrogen and oxygen atoms in total. The Morgan fingerprint density at radius 1 is 1.39 bits per heavy atom. The highest BCUT2D eigenvalue weighted by Crippen LogP contribution is 2.36. The molecule has 0 saturated carbocycles. The molecule has 2 heterocycles. The molecule has 2 aliphatic rings. The normalized spacial score (nSPS) is 26.7. The van der Waals surface area contributed by atoms with Crippen molar-refractivity contribution in [3.63, 3.8) is 0 Å². The predicted octanol–water partition coefficient (Wildman–Crippen LogP) is 1.57. The minimum absolute atomic E-state index is 0.0596. The lowest BCUT2D eigenvalue weighted by atomic mass is 10.1. The van der Waals surface area contributed by atoms with Crippen LogP contribution in [0, 0.1) is 0 Å². The summed E-state index contributed by atoms with van der Waals surface area (Å²) in [6, 6.07) is 8.63. The Bertz CT molecular complexity index is 418. The van der Waals surface area contributed by atoms with Crippen molar-refractivity contribution < 1.29 is 4.79 Å². The molecule has 2 unspecified atom stereocenters. The Morgan fingerprint density at radius 2 is 2.28 bits per heavy atom. The van der Waals surface area contributed by atoms with Crippen LogP contribution in [0.15, 0.2) is 29.2 Å². The first kappa shape index (κ1) is 12.1. The minimum Gasteiger partial charge on any atom is -0.351 e. The number of carbonyl (C=O) groups is 1. The van der Waals surface area contributed by atoms with Crippen LogP contribution >= 0.6 is 11.8 Å². The van der Waals surface area contributed by atoms with E-state index in [-0.39, 0.29) is 11.2 Å². The summed E-state index contributed by atoms with van der Waals surface area (Å²) in [6.45, 7) is 1.99. The van der Waals surface area contributed by atoms with E-state index in [2.05, 4.69) is 22.8 Å². The monoisotopic (exact) mass is 262 g/mol. The molecule has 0 radical (unpaired) electrons. The van der Waals surface area contributed by atoms with Gasteiger partial charge in [0.15, 0.2) is 0 Å². The van der Waals surface area contributed by atoms with Gasteiger partial charge in [-0.3, -0.25) is 4.79 Å². The highest BCUT2D eigenvalue weighted by Gasteiger charge is 2.29. The second kappa shape index (κ2) is 5.33. The number of benzene rings is 1. The van der Waals surface area contributed by atoms with Crippen molar-refractivity contribution in [3.8, 4) is 0 Å². The van der Waals surface area contributed by atoms with Gasteiger partial charge in [0.1, 0.15) is 0 Å². The molecule has 0 aromatic heterocycles. The lowest BCUT2D eigenvalue weighted by molar-refractivity contribution is -0.121. The summed E-state index contributed by atoms with van der Waals surface area (Å²) in [5.41, 5.74) is 1.31. The topological polar surface area (TPSA) is 41.1 Å². The Kier molecular flexibility index (Phi) is 3.57. The van der Waals surface area contributed by atoms with Gasteiger partial charge in [-0.15, -0.1) is 11.8 Å². The van der Waals surface area contributed by atoms with Crippen LogP contribution in [0.4, 0.5) is 0 Å². The quantitative estimate of drug-likeness (QED) is 0.850. The molecular weight excluding hydrogens is 244 g/mol. The lowest BCUT2D eigenvalue weighted by Crippen LogP contribution is -2.48. The molecule has 2 aliphatic heterocycles. The van der Waals surface area contributed by atoms with E-state index in [1.165, 1.54) is 10.5 Å². The molecule has 0 bridgehead atoms. The molecule has 2 atom stereocenters. The van der Waals surface area contributed by atoms with Crippen molar-refractivity contribution >= 4 is 17.7 Å². The maximum absolute atomic E-state index is 12.2. The van der Waals surface area contributed by atoms with Gasteiger partial charge in [-0.2, -0.15) is 0 Å². The molecule has 1 aromatic rings. The summed E-state index contributed by atoms with van der Waals surface area (Å²) < 4.78 is 0. The molecule has 0 aliphatic carbocycles. The minimum atomic E-state index is 0.0596. The molecule has 1 aromatic carbocycles. The maximum atomic E-state index is 12.2. The number of nitrogens with one attached hydrogen (secondary N) is 2. The molecule has 2 N–H and O–H groups in total. The van der Waals surface area contributed by atoms with Gasteiger partial charge in [-0.25, -0.2) is 0 Å². The largest absolute Gasteiger partial charge is 0.351 e. The number of fused-ring (bicyclic) bond motifs is 1. The van der Waals surface area contributed by atoms with Gasteiger partial charge in [0.2, 0.25) is 5.91 Å². The summed E-state index contributed by atoms with van der Waals surface area (Å²) >= 11 is 1.70. The van der Waals surface area contributed by atoms with Crippen molar-refractivity contribution in [2.45, 2.75) is 35.4 Å². The number of thioether (sulfide) groups is 1. The second-order valence-corrected chi connectivity index (χ2v) is 6.21. The van der Waals surface area contributed by atoms with Crippen LogP contribution in [-0.4, -0.2) is 30.3 Å². The predicted molar refractivity (Wildman–Crippen MR) is 73.8 cm³/mol. The fourth-order valence-electron chi connectivity index (χ4n) is 2.60.